The fraction of sp³-hybridized carbons (Fsp3) is 0.409. The number of benzene rings is 2. The van der Waals surface area contributed by atoms with Gasteiger partial charge < -0.3 is 24.3 Å². The van der Waals surface area contributed by atoms with Crippen LogP contribution in [0.1, 0.15) is 24.0 Å². The van der Waals surface area contributed by atoms with Crippen LogP contribution in [0.5, 0.6) is 17.2 Å². The van der Waals surface area contributed by atoms with E-state index in [1.165, 1.54) is 0 Å². The number of carbonyl (C=O) groups excluding carboxylic acids is 1. The highest BCUT2D eigenvalue weighted by atomic mass is 16.7. The second-order valence-electron chi connectivity index (χ2n) is 7.29. The molecule has 0 saturated carbocycles. The molecule has 4 rings (SSSR count). The first-order valence-electron chi connectivity index (χ1n) is 9.59. The molecule has 0 bridgehead atoms. The molecule has 148 valence electrons. The maximum Gasteiger partial charge on any atom is 0.257 e. The first-order valence-corrected chi connectivity index (χ1v) is 9.59. The lowest BCUT2D eigenvalue weighted by Crippen LogP contribution is -2.45. The standard InChI is InChI=1S/C22H25NO5/c1-16-4-2-3-5-18(16)26-13-21(24)23-14-22(8-10-25-11-9-22)17-6-7-19-20(12-17)28-15-27-19/h2-7,12H,8-11,13-15H2,1H3,(H,23,24). The maximum absolute atomic E-state index is 12.4. The second-order valence-corrected chi connectivity index (χ2v) is 7.29. The Hall–Kier alpha value is -2.73. The molecule has 0 aliphatic carbocycles. The van der Waals surface area contributed by atoms with Crippen LogP contribution in [-0.4, -0.2) is 39.1 Å². The van der Waals surface area contributed by atoms with Gasteiger partial charge in [-0.3, -0.25) is 4.79 Å². The third-order valence-corrected chi connectivity index (χ3v) is 5.51. The Labute approximate surface area is 164 Å². The molecule has 0 spiro atoms. The molecule has 2 aromatic rings. The van der Waals surface area contributed by atoms with Gasteiger partial charge in [0, 0.05) is 25.2 Å². The Morgan fingerprint density at radius 1 is 1.11 bits per heavy atom. The quantitative estimate of drug-likeness (QED) is 0.831. The highest BCUT2D eigenvalue weighted by molar-refractivity contribution is 5.77. The molecule has 1 fully saturated rings. The average Bonchev–Trinajstić information content (AvgIpc) is 3.20. The molecule has 2 aliphatic rings. The largest absolute Gasteiger partial charge is 0.484 e. The molecule has 0 aromatic heterocycles. The molecular weight excluding hydrogens is 358 g/mol. The number of amides is 1. The summed E-state index contributed by atoms with van der Waals surface area (Å²) in [6, 6.07) is 13.7. The normalized spacial score (nSPS) is 17.2. The first kappa shape index (κ1) is 18.6. The van der Waals surface area contributed by atoms with Crippen LogP contribution >= 0.6 is 0 Å². The number of carbonyl (C=O) groups is 1. The van der Waals surface area contributed by atoms with E-state index in [1.807, 2.05) is 43.3 Å². The fourth-order valence-electron chi connectivity index (χ4n) is 3.74. The molecule has 6 heteroatoms. The predicted molar refractivity (Wildman–Crippen MR) is 104 cm³/mol. The fourth-order valence-corrected chi connectivity index (χ4v) is 3.74. The lowest BCUT2D eigenvalue weighted by Gasteiger charge is -2.38. The Balaban J connectivity index is 1.42. The molecule has 6 nitrogen and oxygen atoms in total. The minimum Gasteiger partial charge on any atom is -0.484 e. The van der Waals surface area contributed by atoms with Crippen LogP contribution in [0, 0.1) is 6.92 Å². The van der Waals surface area contributed by atoms with Crippen molar-refractivity contribution >= 4 is 5.91 Å². The number of para-hydroxylation sites is 1. The van der Waals surface area contributed by atoms with Gasteiger partial charge in [0.05, 0.1) is 0 Å². The lowest BCUT2D eigenvalue weighted by atomic mass is 9.74. The third-order valence-electron chi connectivity index (χ3n) is 5.51. The number of ether oxygens (including phenoxy) is 4. The summed E-state index contributed by atoms with van der Waals surface area (Å²) in [5.74, 6) is 2.13. The van der Waals surface area contributed by atoms with Crippen molar-refractivity contribution in [2.45, 2.75) is 25.2 Å². The van der Waals surface area contributed by atoms with Crippen LogP contribution in [0.2, 0.25) is 0 Å². The van der Waals surface area contributed by atoms with Crippen LogP contribution in [0.3, 0.4) is 0 Å². The van der Waals surface area contributed by atoms with Crippen molar-refractivity contribution in [2.75, 3.05) is 33.2 Å². The number of hydrogen-bond acceptors (Lipinski definition) is 5. The lowest BCUT2D eigenvalue weighted by molar-refractivity contribution is -0.123. The molecule has 0 unspecified atom stereocenters. The third kappa shape index (κ3) is 3.92. The van der Waals surface area contributed by atoms with Gasteiger partial charge in [-0.1, -0.05) is 24.3 Å². The number of aryl methyl sites for hydroxylation is 1. The maximum atomic E-state index is 12.4. The highest BCUT2D eigenvalue weighted by Crippen LogP contribution is 2.40. The van der Waals surface area contributed by atoms with Gasteiger partial charge in [-0.15, -0.1) is 0 Å². The van der Waals surface area contributed by atoms with E-state index in [2.05, 4.69) is 11.4 Å². The minimum atomic E-state index is -0.183. The predicted octanol–water partition coefficient (Wildman–Crippen LogP) is 2.97. The van der Waals surface area contributed by atoms with Gasteiger partial charge in [0.1, 0.15) is 5.75 Å². The Morgan fingerprint density at radius 3 is 2.71 bits per heavy atom. The number of hydrogen-bond donors (Lipinski definition) is 1. The van der Waals surface area contributed by atoms with Gasteiger partial charge in [-0.2, -0.15) is 0 Å². The zero-order valence-corrected chi connectivity index (χ0v) is 16.0. The Kier molecular flexibility index (Phi) is 5.39. The summed E-state index contributed by atoms with van der Waals surface area (Å²) in [5, 5.41) is 3.06. The minimum absolute atomic E-state index is 0.00142. The zero-order valence-electron chi connectivity index (χ0n) is 16.0. The molecule has 0 atom stereocenters. The summed E-state index contributed by atoms with van der Waals surface area (Å²) in [7, 11) is 0. The molecule has 1 saturated heterocycles. The van der Waals surface area contributed by atoms with E-state index in [1.54, 1.807) is 0 Å². The second kappa shape index (κ2) is 8.10. The van der Waals surface area contributed by atoms with E-state index in [4.69, 9.17) is 18.9 Å². The van der Waals surface area contributed by atoms with Crippen molar-refractivity contribution in [3.63, 3.8) is 0 Å². The van der Waals surface area contributed by atoms with Crippen LogP contribution in [0.15, 0.2) is 42.5 Å². The molecule has 0 radical (unpaired) electrons. The monoisotopic (exact) mass is 383 g/mol. The molecule has 1 amide bonds. The van der Waals surface area contributed by atoms with Gasteiger partial charge >= 0.3 is 0 Å². The summed E-state index contributed by atoms with van der Waals surface area (Å²) in [6.07, 6.45) is 1.68. The van der Waals surface area contributed by atoms with Gasteiger partial charge in [0.2, 0.25) is 6.79 Å². The molecule has 2 aromatic carbocycles. The van der Waals surface area contributed by atoms with Crippen LogP contribution < -0.4 is 19.5 Å². The zero-order chi connectivity index (χ0) is 19.4. The number of rotatable bonds is 6. The first-order chi connectivity index (χ1) is 13.7. The van der Waals surface area contributed by atoms with Crippen molar-refractivity contribution in [3.05, 3.63) is 53.6 Å². The summed E-state index contributed by atoms with van der Waals surface area (Å²) >= 11 is 0. The molecule has 2 aliphatic heterocycles. The Morgan fingerprint density at radius 2 is 1.89 bits per heavy atom. The van der Waals surface area contributed by atoms with E-state index in [9.17, 15) is 4.79 Å². The van der Waals surface area contributed by atoms with Gasteiger partial charge in [0.15, 0.2) is 18.1 Å². The summed E-state index contributed by atoms with van der Waals surface area (Å²) in [5.41, 5.74) is 1.97. The average molecular weight is 383 g/mol. The molecule has 2 heterocycles. The highest BCUT2D eigenvalue weighted by Gasteiger charge is 2.36. The van der Waals surface area contributed by atoms with E-state index < -0.39 is 0 Å². The van der Waals surface area contributed by atoms with E-state index >= 15 is 0 Å². The van der Waals surface area contributed by atoms with Gasteiger partial charge in [-0.25, -0.2) is 0 Å². The summed E-state index contributed by atoms with van der Waals surface area (Å²) in [6.45, 7) is 4.09. The summed E-state index contributed by atoms with van der Waals surface area (Å²) in [4.78, 5) is 12.4. The number of nitrogens with one attached hydrogen (secondary N) is 1. The van der Waals surface area contributed by atoms with Gasteiger partial charge in [-0.05, 0) is 49.1 Å². The van der Waals surface area contributed by atoms with Crippen molar-refractivity contribution in [3.8, 4) is 17.2 Å². The van der Waals surface area contributed by atoms with Crippen molar-refractivity contribution in [1.29, 1.82) is 0 Å². The molecular formula is C22H25NO5. The van der Waals surface area contributed by atoms with E-state index in [-0.39, 0.29) is 24.7 Å². The van der Waals surface area contributed by atoms with Crippen LogP contribution in [0.4, 0.5) is 0 Å². The van der Waals surface area contributed by atoms with Crippen molar-refractivity contribution < 1.29 is 23.7 Å². The van der Waals surface area contributed by atoms with Gasteiger partial charge in [0.25, 0.3) is 5.91 Å². The van der Waals surface area contributed by atoms with E-state index in [0.717, 1.165) is 41.2 Å². The van der Waals surface area contributed by atoms with Crippen LogP contribution in [0.25, 0.3) is 0 Å². The smallest absolute Gasteiger partial charge is 0.257 e. The topological polar surface area (TPSA) is 66.0 Å². The van der Waals surface area contributed by atoms with Crippen LogP contribution in [-0.2, 0) is 14.9 Å². The van der Waals surface area contributed by atoms with Crippen molar-refractivity contribution in [1.82, 2.24) is 5.32 Å². The van der Waals surface area contributed by atoms with E-state index in [0.29, 0.717) is 19.8 Å². The Bertz CT molecular complexity index is 845. The molecule has 28 heavy (non-hydrogen) atoms. The number of fused-ring (bicyclic) bond motifs is 1. The summed E-state index contributed by atoms with van der Waals surface area (Å²) < 4.78 is 22.2. The SMILES string of the molecule is Cc1ccccc1OCC(=O)NCC1(c2ccc3c(c2)OCO3)CCOCC1. The van der Waals surface area contributed by atoms with Crippen molar-refractivity contribution in [2.24, 2.45) is 0 Å². The molecule has 1 N–H and O–H groups in total.